The molecule has 1 saturated heterocycles. The molecule has 0 aliphatic carbocycles. The van der Waals surface area contributed by atoms with E-state index in [1.807, 2.05) is 36.1 Å². The molecule has 2 aromatic rings. The summed E-state index contributed by atoms with van der Waals surface area (Å²) >= 11 is 0. The van der Waals surface area contributed by atoms with E-state index in [1.54, 1.807) is 6.20 Å². The van der Waals surface area contributed by atoms with Crippen LogP contribution in [0.4, 0.5) is 0 Å². The second kappa shape index (κ2) is 9.21. The van der Waals surface area contributed by atoms with E-state index in [2.05, 4.69) is 27.5 Å². The number of aliphatic imine (C=N–C) groups is 1. The number of carbonyl (C=O) groups excluding carboxylic acids is 1. The summed E-state index contributed by atoms with van der Waals surface area (Å²) < 4.78 is 5.81. The highest BCUT2D eigenvalue weighted by atomic mass is 16.4. The molecule has 2 N–H and O–H groups in total. The Bertz CT molecular complexity index is 776. The molecule has 1 aromatic heterocycles. The van der Waals surface area contributed by atoms with Crippen LogP contribution < -0.4 is 10.6 Å². The van der Waals surface area contributed by atoms with Gasteiger partial charge >= 0.3 is 0 Å². The van der Waals surface area contributed by atoms with Gasteiger partial charge in [0.25, 0.3) is 0 Å². The Hall–Kier alpha value is -2.83. The molecular formula is C20H27N5O2. The summed E-state index contributed by atoms with van der Waals surface area (Å²) in [4.78, 5) is 22.7. The molecule has 0 unspecified atom stereocenters. The summed E-state index contributed by atoms with van der Waals surface area (Å²) in [6.07, 6.45) is 3.89. The van der Waals surface area contributed by atoms with Crippen LogP contribution in [0.3, 0.4) is 0 Å². The molecule has 7 nitrogen and oxygen atoms in total. The van der Waals surface area contributed by atoms with Gasteiger partial charge < -0.3 is 20.0 Å². The van der Waals surface area contributed by atoms with Crippen molar-refractivity contribution in [2.45, 2.75) is 33.2 Å². The lowest BCUT2D eigenvalue weighted by molar-refractivity contribution is -0.128. The number of hydrogen-bond acceptors (Lipinski definition) is 4. The highest BCUT2D eigenvalue weighted by Gasteiger charge is 2.17. The van der Waals surface area contributed by atoms with Crippen molar-refractivity contribution in [3.05, 3.63) is 41.9 Å². The molecule has 1 amide bonds. The molecule has 0 spiro atoms. The van der Waals surface area contributed by atoms with Gasteiger partial charge in [-0.3, -0.25) is 4.79 Å². The normalized spacial score (nSPS) is 14.4. The first-order valence-corrected chi connectivity index (χ1v) is 9.47. The fourth-order valence-corrected chi connectivity index (χ4v) is 2.96. The first kappa shape index (κ1) is 18.9. The molecule has 1 aliphatic heterocycles. The van der Waals surface area contributed by atoms with E-state index < -0.39 is 0 Å². The summed E-state index contributed by atoms with van der Waals surface area (Å²) in [5, 5.41) is 6.31. The Balaban J connectivity index is 1.56. The van der Waals surface area contributed by atoms with Gasteiger partial charge in [-0.25, -0.2) is 9.98 Å². The predicted octanol–water partition coefficient (Wildman–Crippen LogP) is 2.33. The molecule has 7 heteroatoms. The van der Waals surface area contributed by atoms with Crippen molar-refractivity contribution in [2.24, 2.45) is 4.99 Å². The van der Waals surface area contributed by atoms with E-state index in [1.165, 1.54) is 5.56 Å². The van der Waals surface area contributed by atoms with Crippen molar-refractivity contribution in [2.75, 3.05) is 26.2 Å². The van der Waals surface area contributed by atoms with Crippen LogP contribution in [0, 0.1) is 6.92 Å². The lowest BCUT2D eigenvalue weighted by atomic mass is 10.1. The first-order valence-electron chi connectivity index (χ1n) is 9.47. The van der Waals surface area contributed by atoms with Crippen LogP contribution in [-0.4, -0.2) is 47.9 Å². The third kappa shape index (κ3) is 5.32. The lowest BCUT2D eigenvalue weighted by Crippen LogP contribution is -2.38. The number of benzene rings is 1. The van der Waals surface area contributed by atoms with Gasteiger partial charge in [-0.2, -0.15) is 0 Å². The Kier molecular flexibility index (Phi) is 6.46. The number of guanidine groups is 1. The number of carbonyl (C=O) groups is 1. The van der Waals surface area contributed by atoms with Gasteiger partial charge in [0.05, 0.1) is 12.7 Å². The number of nitrogens with zero attached hydrogens (tertiary/aromatic N) is 3. The molecule has 144 valence electrons. The monoisotopic (exact) mass is 369 g/mol. The molecule has 0 saturated carbocycles. The molecule has 1 aromatic carbocycles. The van der Waals surface area contributed by atoms with Crippen molar-refractivity contribution < 1.29 is 9.21 Å². The molecule has 3 rings (SSSR count). The van der Waals surface area contributed by atoms with Crippen LogP contribution >= 0.6 is 0 Å². The number of hydrogen-bond donors (Lipinski definition) is 2. The molecule has 0 atom stereocenters. The van der Waals surface area contributed by atoms with Crippen molar-refractivity contribution in [3.8, 4) is 11.3 Å². The van der Waals surface area contributed by atoms with Crippen LogP contribution in [-0.2, 0) is 11.3 Å². The van der Waals surface area contributed by atoms with Crippen LogP contribution in [0.25, 0.3) is 11.3 Å². The topological polar surface area (TPSA) is 82.8 Å². The Morgan fingerprint density at radius 1 is 1.22 bits per heavy atom. The van der Waals surface area contributed by atoms with E-state index in [9.17, 15) is 4.79 Å². The maximum Gasteiger partial charge on any atom is 0.244 e. The fourth-order valence-electron chi connectivity index (χ4n) is 2.96. The standard InChI is InChI=1S/C20H27N5O2/c1-3-21-20(24-14-19(26)25-10-4-5-11-25)23-13-18-22-12-17(27-18)16-8-6-15(2)7-9-16/h6-9,12H,3-5,10-11,13-14H2,1-2H3,(H2,21,23,24). The average Bonchev–Trinajstić information content (AvgIpc) is 3.36. The molecule has 1 fully saturated rings. The molecule has 0 radical (unpaired) electrons. The van der Waals surface area contributed by atoms with E-state index in [-0.39, 0.29) is 12.5 Å². The van der Waals surface area contributed by atoms with Crippen LogP contribution in [0.5, 0.6) is 0 Å². The zero-order valence-electron chi connectivity index (χ0n) is 16.0. The number of likely N-dealkylation sites (tertiary alicyclic amines) is 1. The van der Waals surface area contributed by atoms with Crippen molar-refractivity contribution in [1.29, 1.82) is 0 Å². The van der Waals surface area contributed by atoms with Crippen LogP contribution in [0.15, 0.2) is 39.9 Å². The van der Waals surface area contributed by atoms with Gasteiger partial charge in [-0.15, -0.1) is 0 Å². The van der Waals surface area contributed by atoms with E-state index in [4.69, 9.17) is 4.42 Å². The first-order chi connectivity index (χ1) is 13.2. The van der Waals surface area contributed by atoms with E-state index in [0.717, 1.165) is 37.3 Å². The molecule has 1 aliphatic rings. The average molecular weight is 369 g/mol. The van der Waals surface area contributed by atoms with Crippen LogP contribution in [0.2, 0.25) is 0 Å². The smallest absolute Gasteiger partial charge is 0.244 e. The second-order valence-corrected chi connectivity index (χ2v) is 6.62. The molecule has 27 heavy (non-hydrogen) atoms. The van der Waals surface area contributed by atoms with Crippen molar-refractivity contribution in [3.63, 3.8) is 0 Å². The van der Waals surface area contributed by atoms with Gasteiger partial charge in [0.2, 0.25) is 11.8 Å². The van der Waals surface area contributed by atoms with Gasteiger partial charge in [-0.05, 0) is 26.7 Å². The fraction of sp³-hybridized carbons (Fsp3) is 0.450. The Morgan fingerprint density at radius 2 is 1.96 bits per heavy atom. The largest absolute Gasteiger partial charge is 0.439 e. The third-order valence-corrected chi connectivity index (χ3v) is 4.47. The molecule has 0 bridgehead atoms. The minimum atomic E-state index is 0.0717. The zero-order chi connectivity index (χ0) is 19.1. The van der Waals surface area contributed by atoms with Gasteiger partial charge in [0, 0.05) is 25.2 Å². The number of aryl methyl sites for hydroxylation is 1. The summed E-state index contributed by atoms with van der Waals surface area (Å²) in [5.74, 6) is 1.96. The predicted molar refractivity (Wildman–Crippen MR) is 105 cm³/mol. The number of aromatic nitrogens is 1. The Morgan fingerprint density at radius 3 is 2.67 bits per heavy atom. The summed E-state index contributed by atoms with van der Waals surface area (Å²) in [5.41, 5.74) is 2.20. The highest BCUT2D eigenvalue weighted by molar-refractivity contribution is 5.85. The van der Waals surface area contributed by atoms with E-state index >= 15 is 0 Å². The number of amides is 1. The number of rotatable bonds is 6. The molecular weight excluding hydrogens is 342 g/mol. The second-order valence-electron chi connectivity index (χ2n) is 6.62. The Labute approximate surface area is 159 Å². The maximum absolute atomic E-state index is 12.1. The van der Waals surface area contributed by atoms with Crippen LogP contribution in [0.1, 0.15) is 31.2 Å². The third-order valence-electron chi connectivity index (χ3n) is 4.47. The minimum absolute atomic E-state index is 0.0717. The lowest BCUT2D eigenvalue weighted by Gasteiger charge is -2.14. The number of oxazole rings is 1. The van der Waals surface area contributed by atoms with Crippen molar-refractivity contribution in [1.82, 2.24) is 20.5 Å². The zero-order valence-corrected chi connectivity index (χ0v) is 16.0. The summed E-state index contributed by atoms with van der Waals surface area (Å²) in [6.45, 7) is 6.98. The van der Waals surface area contributed by atoms with Gasteiger partial charge in [-0.1, -0.05) is 29.8 Å². The van der Waals surface area contributed by atoms with Gasteiger partial charge in [0.1, 0.15) is 6.54 Å². The highest BCUT2D eigenvalue weighted by Crippen LogP contribution is 2.20. The summed E-state index contributed by atoms with van der Waals surface area (Å²) in [7, 11) is 0. The minimum Gasteiger partial charge on any atom is -0.439 e. The number of nitrogens with one attached hydrogen (secondary N) is 2. The molecule has 2 heterocycles. The van der Waals surface area contributed by atoms with Gasteiger partial charge in [0.15, 0.2) is 11.7 Å². The summed E-state index contributed by atoms with van der Waals surface area (Å²) in [6, 6.07) is 8.12. The van der Waals surface area contributed by atoms with E-state index in [0.29, 0.717) is 24.9 Å². The SMILES string of the molecule is CCNC(=NCC(=O)N1CCCC1)NCc1ncc(-c2ccc(C)cc2)o1. The van der Waals surface area contributed by atoms with Crippen molar-refractivity contribution >= 4 is 11.9 Å². The quantitative estimate of drug-likeness (QED) is 0.603. The maximum atomic E-state index is 12.1.